The molecular formula is C18H24N2O4. The SMILES string of the molecule is C[C@H](OC(=O)C1CCC1)C(=O)Nc1ccc(N2CCOCC2)cc1. The van der Waals surface area contributed by atoms with Gasteiger partial charge in [-0.05, 0) is 44.0 Å². The summed E-state index contributed by atoms with van der Waals surface area (Å²) in [5.41, 5.74) is 1.81. The van der Waals surface area contributed by atoms with Gasteiger partial charge in [0.15, 0.2) is 6.10 Å². The van der Waals surface area contributed by atoms with Gasteiger partial charge in [0.25, 0.3) is 5.91 Å². The van der Waals surface area contributed by atoms with E-state index in [0.29, 0.717) is 5.69 Å². The Morgan fingerprint density at radius 2 is 1.88 bits per heavy atom. The number of carbonyl (C=O) groups is 2. The summed E-state index contributed by atoms with van der Waals surface area (Å²) in [6.07, 6.45) is 2.03. The van der Waals surface area contributed by atoms with Crippen LogP contribution in [0.15, 0.2) is 24.3 Å². The minimum Gasteiger partial charge on any atom is -0.452 e. The second-order valence-electron chi connectivity index (χ2n) is 6.34. The molecule has 1 aromatic rings. The van der Waals surface area contributed by atoms with Gasteiger partial charge in [-0.25, -0.2) is 0 Å². The normalized spacial score (nSPS) is 19.3. The van der Waals surface area contributed by atoms with Crippen molar-refractivity contribution in [3.63, 3.8) is 0 Å². The first-order valence-electron chi connectivity index (χ1n) is 8.57. The minimum atomic E-state index is -0.781. The van der Waals surface area contributed by atoms with E-state index in [1.807, 2.05) is 24.3 Å². The predicted molar refractivity (Wildman–Crippen MR) is 91.0 cm³/mol. The average Bonchev–Trinajstić information content (AvgIpc) is 2.54. The third kappa shape index (κ3) is 4.06. The average molecular weight is 332 g/mol. The molecule has 1 aliphatic heterocycles. The molecule has 1 heterocycles. The van der Waals surface area contributed by atoms with Crippen LogP contribution in [0.3, 0.4) is 0 Å². The summed E-state index contributed by atoms with van der Waals surface area (Å²) in [5.74, 6) is -0.582. The number of hydrogen-bond acceptors (Lipinski definition) is 5. The molecule has 0 bridgehead atoms. The highest BCUT2D eigenvalue weighted by Crippen LogP contribution is 2.28. The molecule has 0 radical (unpaired) electrons. The van der Waals surface area contributed by atoms with Crippen molar-refractivity contribution in [2.45, 2.75) is 32.3 Å². The van der Waals surface area contributed by atoms with E-state index in [0.717, 1.165) is 51.3 Å². The number of anilines is 2. The highest BCUT2D eigenvalue weighted by Gasteiger charge is 2.29. The lowest BCUT2D eigenvalue weighted by molar-refractivity contribution is -0.159. The number of nitrogens with one attached hydrogen (secondary N) is 1. The Kier molecular flexibility index (Phi) is 5.35. The smallest absolute Gasteiger partial charge is 0.309 e. The van der Waals surface area contributed by atoms with E-state index < -0.39 is 6.10 Å². The molecule has 1 aromatic carbocycles. The van der Waals surface area contributed by atoms with Crippen molar-refractivity contribution in [1.82, 2.24) is 0 Å². The van der Waals surface area contributed by atoms with Crippen LogP contribution in [-0.2, 0) is 19.1 Å². The number of benzene rings is 1. The lowest BCUT2D eigenvalue weighted by atomic mass is 9.86. The summed E-state index contributed by atoms with van der Waals surface area (Å²) in [4.78, 5) is 26.2. The highest BCUT2D eigenvalue weighted by atomic mass is 16.5. The zero-order chi connectivity index (χ0) is 16.9. The molecule has 1 amide bonds. The van der Waals surface area contributed by atoms with Gasteiger partial charge in [0.2, 0.25) is 0 Å². The first-order chi connectivity index (χ1) is 11.6. The van der Waals surface area contributed by atoms with Gasteiger partial charge in [-0.15, -0.1) is 0 Å². The fraction of sp³-hybridized carbons (Fsp3) is 0.556. The molecule has 24 heavy (non-hydrogen) atoms. The third-order valence-corrected chi connectivity index (χ3v) is 4.61. The number of nitrogens with zero attached hydrogens (tertiary/aromatic N) is 1. The summed E-state index contributed by atoms with van der Waals surface area (Å²) < 4.78 is 10.6. The monoisotopic (exact) mass is 332 g/mol. The van der Waals surface area contributed by atoms with E-state index in [4.69, 9.17) is 9.47 Å². The molecule has 3 rings (SSSR count). The molecule has 1 aliphatic carbocycles. The van der Waals surface area contributed by atoms with E-state index >= 15 is 0 Å². The van der Waals surface area contributed by atoms with Crippen LogP contribution in [0.25, 0.3) is 0 Å². The van der Waals surface area contributed by atoms with Crippen molar-refractivity contribution in [2.75, 3.05) is 36.5 Å². The number of morpholine rings is 1. The number of esters is 1. The molecule has 1 atom stereocenters. The molecular weight excluding hydrogens is 308 g/mol. The van der Waals surface area contributed by atoms with Gasteiger partial charge < -0.3 is 19.7 Å². The van der Waals surface area contributed by atoms with Crippen molar-refractivity contribution in [3.05, 3.63) is 24.3 Å². The van der Waals surface area contributed by atoms with Crippen LogP contribution in [0.1, 0.15) is 26.2 Å². The van der Waals surface area contributed by atoms with Crippen molar-refractivity contribution >= 4 is 23.3 Å². The Balaban J connectivity index is 1.50. The quantitative estimate of drug-likeness (QED) is 0.837. The van der Waals surface area contributed by atoms with Crippen molar-refractivity contribution in [3.8, 4) is 0 Å². The van der Waals surface area contributed by atoms with E-state index in [9.17, 15) is 9.59 Å². The Hall–Kier alpha value is -2.08. The summed E-state index contributed by atoms with van der Waals surface area (Å²) in [7, 11) is 0. The van der Waals surface area contributed by atoms with Gasteiger partial charge in [0.05, 0.1) is 19.1 Å². The molecule has 0 aromatic heterocycles. The highest BCUT2D eigenvalue weighted by molar-refractivity contribution is 5.95. The Bertz CT molecular complexity index is 577. The van der Waals surface area contributed by atoms with E-state index in [1.165, 1.54) is 0 Å². The minimum absolute atomic E-state index is 0.0203. The standard InChI is InChI=1S/C18H24N2O4/c1-13(24-18(22)14-3-2-4-14)17(21)19-15-5-7-16(8-6-15)20-9-11-23-12-10-20/h5-8,13-14H,2-4,9-12H2,1H3,(H,19,21)/t13-/m0/s1. The van der Waals surface area contributed by atoms with Gasteiger partial charge in [-0.3, -0.25) is 9.59 Å². The number of carbonyl (C=O) groups excluding carboxylic acids is 2. The van der Waals surface area contributed by atoms with Crippen LogP contribution in [0.2, 0.25) is 0 Å². The first-order valence-corrected chi connectivity index (χ1v) is 8.57. The van der Waals surface area contributed by atoms with Gasteiger partial charge in [0, 0.05) is 24.5 Å². The molecule has 6 heteroatoms. The lowest BCUT2D eigenvalue weighted by Crippen LogP contribution is -2.36. The van der Waals surface area contributed by atoms with E-state index in [1.54, 1.807) is 6.92 Å². The van der Waals surface area contributed by atoms with Gasteiger partial charge >= 0.3 is 5.97 Å². The fourth-order valence-electron chi connectivity index (χ4n) is 2.79. The Morgan fingerprint density at radius 3 is 2.46 bits per heavy atom. The fourth-order valence-corrected chi connectivity index (χ4v) is 2.79. The maximum Gasteiger partial charge on any atom is 0.309 e. The largest absolute Gasteiger partial charge is 0.452 e. The molecule has 2 aliphatic rings. The molecule has 2 fully saturated rings. The van der Waals surface area contributed by atoms with Crippen molar-refractivity contribution in [2.24, 2.45) is 5.92 Å². The van der Waals surface area contributed by atoms with Crippen LogP contribution < -0.4 is 10.2 Å². The molecule has 1 saturated heterocycles. The summed E-state index contributed by atoms with van der Waals surface area (Å²) >= 11 is 0. The second kappa shape index (κ2) is 7.66. The van der Waals surface area contributed by atoms with E-state index in [2.05, 4.69) is 10.2 Å². The van der Waals surface area contributed by atoms with Crippen molar-refractivity contribution < 1.29 is 19.1 Å². The number of amides is 1. The molecule has 130 valence electrons. The summed E-state index contributed by atoms with van der Waals surface area (Å²) in [6.45, 7) is 4.83. The third-order valence-electron chi connectivity index (χ3n) is 4.61. The maximum absolute atomic E-state index is 12.1. The van der Waals surface area contributed by atoms with Gasteiger partial charge in [0.1, 0.15) is 0 Å². The van der Waals surface area contributed by atoms with Crippen LogP contribution in [-0.4, -0.2) is 44.3 Å². The van der Waals surface area contributed by atoms with Crippen molar-refractivity contribution in [1.29, 1.82) is 0 Å². The van der Waals surface area contributed by atoms with Crippen LogP contribution in [0.5, 0.6) is 0 Å². The molecule has 1 N–H and O–H groups in total. The number of rotatable bonds is 5. The first kappa shape index (κ1) is 16.8. The Morgan fingerprint density at radius 1 is 1.21 bits per heavy atom. The number of hydrogen-bond donors (Lipinski definition) is 1. The lowest BCUT2D eigenvalue weighted by Gasteiger charge is -2.29. The summed E-state index contributed by atoms with van der Waals surface area (Å²) in [6, 6.07) is 7.68. The predicted octanol–water partition coefficient (Wildman–Crippen LogP) is 2.19. The Labute approximate surface area is 142 Å². The zero-order valence-corrected chi connectivity index (χ0v) is 14.0. The van der Waals surface area contributed by atoms with Crippen LogP contribution in [0, 0.1) is 5.92 Å². The molecule has 6 nitrogen and oxygen atoms in total. The molecule has 0 spiro atoms. The summed E-state index contributed by atoms with van der Waals surface area (Å²) in [5, 5.41) is 2.79. The maximum atomic E-state index is 12.1. The van der Waals surface area contributed by atoms with Gasteiger partial charge in [-0.1, -0.05) is 6.42 Å². The molecule has 0 unspecified atom stereocenters. The van der Waals surface area contributed by atoms with Gasteiger partial charge in [-0.2, -0.15) is 0 Å². The number of ether oxygens (including phenoxy) is 2. The zero-order valence-electron chi connectivity index (χ0n) is 14.0. The van der Waals surface area contributed by atoms with Crippen LogP contribution >= 0.6 is 0 Å². The van der Waals surface area contributed by atoms with Crippen LogP contribution in [0.4, 0.5) is 11.4 Å². The molecule has 1 saturated carbocycles. The topological polar surface area (TPSA) is 67.9 Å². The van der Waals surface area contributed by atoms with E-state index in [-0.39, 0.29) is 17.8 Å². The second-order valence-corrected chi connectivity index (χ2v) is 6.34.